The van der Waals surface area contributed by atoms with Crippen LogP contribution in [0.4, 0.5) is 15.8 Å². The van der Waals surface area contributed by atoms with Gasteiger partial charge in [-0.2, -0.15) is 0 Å². The lowest BCUT2D eigenvalue weighted by atomic mass is 10.1. The van der Waals surface area contributed by atoms with E-state index in [0.29, 0.717) is 6.54 Å². The second-order valence-electron chi connectivity index (χ2n) is 4.30. The Labute approximate surface area is 123 Å². The average molecular weight is 297 g/mol. The number of carbonyl (C=O) groups is 2. The van der Waals surface area contributed by atoms with Gasteiger partial charge in [-0.15, -0.1) is 0 Å². The lowest BCUT2D eigenvalue weighted by molar-refractivity contribution is -0.119. The number of amides is 1. The van der Waals surface area contributed by atoms with Crippen LogP contribution >= 0.6 is 0 Å². The number of nitrogens with two attached hydrogens (primary N) is 1. The molecule has 0 aromatic heterocycles. The smallest absolute Gasteiger partial charge is 0.340 e. The van der Waals surface area contributed by atoms with Gasteiger partial charge in [0, 0.05) is 19.3 Å². The van der Waals surface area contributed by atoms with E-state index in [4.69, 9.17) is 10.5 Å². The Bertz CT molecular complexity index is 534. The highest BCUT2D eigenvalue weighted by molar-refractivity contribution is 5.96. The molecule has 0 aliphatic rings. The summed E-state index contributed by atoms with van der Waals surface area (Å²) in [6.45, 7) is 4.03. The van der Waals surface area contributed by atoms with Gasteiger partial charge in [0.2, 0.25) is 5.91 Å². The van der Waals surface area contributed by atoms with Crippen LogP contribution < -0.4 is 16.0 Å². The number of likely N-dealkylation sites (N-methyl/N-ethyl adjacent to an activating group) is 2. The summed E-state index contributed by atoms with van der Waals surface area (Å²) >= 11 is 0. The highest BCUT2D eigenvalue weighted by atomic mass is 19.1. The minimum absolute atomic E-state index is 0.00527. The summed E-state index contributed by atoms with van der Waals surface area (Å²) in [7, 11) is 1.50. The normalized spacial score (nSPS) is 10.1. The average Bonchev–Trinajstić information content (AvgIpc) is 2.45. The van der Waals surface area contributed by atoms with Crippen LogP contribution in [0.3, 0.4) is 0 Å². The molecule has 1 amide bonds. The van der Waals surface area contributed by atoms with Gasteiger partial charge in [-0.3, -0.25) is 4.79 Å². The van der Waals surface area contributed by atoms with Crippen molar-refractivity contribution in [3.05, 3.63) is 23.5 Å². The van der Waals surface area contributed by atoms with Crippen LogP contribution in [0.1, 0.15) is 24.2 Å². The zero-order valence-electron chi connectivity index (χ0n) is 12.4. The van der Waals surface area contributed by atoms with E-state index in [1.807, 2.05) is 0 Å². The third-order valence-electron chi connectivity index (χ3n) is 2.95. The van der Waals surface area contributed by atoms with Crippen molar-refractivity contribution in [3.63, 3.8) is 0 Å². The number of nitrogens with zero attached hydrogens (tertiary/aromatic N) is 1. The molecule has 116 valence electrons. The van der Waals surface area contributed by atoms with Crippen molar-refractivity contribution in [1.82, 2.24) is 5.32 Å². The van der Waals surface area contributed by atoms with Crippen molar-refractivity contribution >= 4 is 23.3 Å². The quantitative estimate of drug-likeness (QED) is 0.608. The minimum Gasteiger partial charge on any atom is -0.462 e. The zero-order chi connectivity index (χ0) is 16.0. The summed E-state index contributed by atoms with van der Waals surface area (Å²) in [5.41, 5.74) is 5.88. The molecule has 1 aromatic rings. The molecule has 21 heavy (non-hydrogen) atoms. The molecule has 1 rings (SSSR count). The second kappa shape index (κ2) is 7.47. The Balaban J connectivity index is 3.18. The Hall–Kier alpha value is -2.31. The molecule has 0 unspecified atom stereocenters. The van der Waals surface area contributed by atoms with E-state index in [0.717, 1.165) is 6.07 Å². The van der Waals surface area contributed by atoms with Gasteiger partial charge in [-0.1, -0.05) is 0 Å². The fraction of sp³-hybridized carbons (Fsp3) is 0.429. The number of ether oxygens (including phenoxy) is 1. The molecule has 3 N–H and O–H groups in total. The van der Waals surface area contributed by atoms with Gasteiger partial charge < -0.3 is 20.7 Å². The largest absolute Gasteiger partial charge is 0.462 e. The molecule has 7 heteroatoms. The van der Waals surface area contributed by atoms with Crippen molar-refractivity contribution < 1.29 is 18.7 Å². The predicted octanol–water partition coefficient (Wildman–Crippen LogP) is 1.16. The van der Waals surface area contributed by atoms with E-state index in [-0.39, 0.29) is 36.0 Å². The van der Waals surface area contributed by atoms with Crippen LogP contribution in [0.25, 0.3) is 0 Å². The molecule has 0 saturated heterocycles. The molecule has 0 bridgehead atoms. The zero-order valence-corrected chi connectivity index (χ0v) is 12.4. The van der Waals surface area contributed by atoms with E-state index in [1.54, 1.807) is 13.8 Å². The first-order valence-electron chi connectivity index (χ1n) is 6.66. The van der Waals surface area contributed by atoms with Crippen molar-refractivity contribution in [2.24, 2.45) is 0 Å². The number of hydrogen-bond donors (Lipinski definition) is 2. The van der Waals surface area contributed by atoms with E-state index in [1.165, 1.54) is 18.0 Å². The summed E-state index contributed by atoms with van der Waals surface area (Å²) in [5.74, 6) is -1.47. The number of anilines is 2. The van der Waals surface area contributed by atoms with E-state index in [9.17, 15) is 14.0 Å². The predicted molar refractivity (Wildman–Crippen MR) is 78.7 cm³/mol. The highest BCUT2D eigenvalue weighted by Gasteiger charge is 2.19. The molecular formula is C14H20FN3O3. The Morgan fingerprint density at radius 2 is 2.05 bits per heavy atom. The summed E-state index contributed by atoms with van der Waals surface area (Å²) in [5, 5.41) is 2.47. The van der Waals surface area contributed by atoms with E-state index >= 15 is 0 Å². The molecule has 0 aliphatic carbocycles. The number of halogens is 1. The molecule has 0 spiro atoms. The van der Waals surface area contributed by atoms with Crippen LogP contribution in [-0.2, 0) is 9.53 Å². The number of hydrogen-bond acceptors (Lipinski definition) is 5. The third-order valence-corrected chi connectivity index (χ3v) is 2.95. The van der Waals surface area contributed by atoms with Crippen LogP contribution in [0.15, 0.2) is 12.1 Å². The maximum atomic E-state index is 14.1. The van der Waals surface area contributed by atoms with Gasteiger partial charge in [0.1, 0.15) is 5.82 Å². The molecule has 0 aliphatic heterocycles. The first kappa shape index (κ1) is 16.7. The molecule has 0 heterocycles. The number of nitrogens with one attached hydrogen (secondary N) is 1. The number of nitrogen functional groups attached to an aromatic ring is 1. The van der Waals surface area contributed by atoms with E-state index in [2.05, 4.69) is 5.32 Å². The fourth-order valence-electron chi connectivity index (χ4n) is 1.82. The van der Waals surface area contributed by atoms with Crippen molar-refractivity contribution in [2.75, 3.05) is 37.4 Å². The maximum absolute atomic E-state index is 14.1. The SMILES string of the molecule is CCOC(=O)c1cc(N(CC)CC(=O)NC)c(F)cc1N. The summed E-state index contributed by atoms with van der Waals surface area (Å²) in [6, 6.07) is 2.38. The summed E-state index contributed by atoms with van der Waals surface area (Å²) in [6.07, 6.45) is 0. The van der Waals surface area contributed by atoms with Gasteiger partial charge in [0.15, 0.2) is 0 Å². The number of benzene rings is 1. The maximum Gasteiger partial charge on any atom is 0.340 e. The van der Waals surface area contributed by atoms with Crippen LogP contribution in [0, 0.1) is 5.82 Å². The first-order valence-corrected chi connectivity index (χ1v) is 6.66. The lowest BCUT2D eigenvalue weighted by Gasteiger charge is -2.23. The van der Waals surface area contributed by atoms with Gasteiger partial charge in [0.05, 0.1) is 24.4 Å². The summed E-state index contributed by atoms with van der Waals surface area (Å²) in [4.78, 5) is 24.8. The Kier molecular flexibility index (Phi) is 5.95. The van der Waals surface area contributed by atoms with Crippen molar-refractivity contribution in [2.45, 2.75) is 13.8 Å². The summed E-state index contributed by atoms with van der Waals surface area (Å²) < 4.78 is 18.9. The molecule has 0 radical (unpaired) electrons. The van der Waals surface area contributed by atoms with E-state index < -0.39 is 11.8 Å². The minimum atomic E-state index is -0.618. The first-order chi connectivity index (χ1) is 9.94. The van der Waals surface area contributed by atoms with Gasteiger partial charge >= 0.3 is 5.97 Å². The molecular weight excluding hydrogens is 277 g/mol. The number of esters is 1. The van der Waals surface area contributed by atoms with Crippen LogP contribution in [0.2, 0.25) is 0 Å². The third kappa shape index (κ3) is 4.08. The van der Waals surface area contributed by atoms with Crippen molar-refractivity contribution in [3.8, 4) is 0 Å². The molecule has 0 saturated carbocycles. The number of rotatable bonds is 6. The van der Waals surface area contributed by atoms with Crippen molar-refractivity contribution in [1.29, 1.82) is 0 Å². The Morgan fingerprint density at radius 1 is 1.38 bits per heavy atom. The number of carbonyl (C=O) groups excluding carboxylic acids is 2. The molecule has 1 aromatic carbocycles. The molecule has 0 fully saturated rings. The van der Waals surface area contributed by atoms with Crippen LogP contribution in [0.5, 0.6) is 0 Å². The Morgan fingerprint density at radius 3 is 2.57 bits per heavy atom. The highest BCUT2D eigenvalue weighted by Crippen LogP contribution is 2.26. The molecule has 0 atom stereocenters. The van der Waals surface area contributed by atoms with Gasteiger partial charge in [-0.05, 0) is 26.0 Å². The monoisotopic (exact) mass is 297 g/mol. The van der Waals surface area contributed by atoms with Crippen LogP contribution in [-0.4, -0.2) is 38.6 Å². The topological polar surface area (TPSA) is 84.7 Å². The molecule has 6 nitrogen and oxygen atoms in total. The standard InChI is InChI=1S/C14H20FN3O3/c1-4-18(8-13(19)17-3)12-6-9(14(20)21-5-2)11(16)7-10(12)15/h6-7H,4-5,8,16H2,1-3H3,(H,17,19). The van der Waals surface area contributed by atoms with Gasteiger partial charge in [0.25, 0.3) is 0 Å². The second-order valence-corrected chi connectivity index (χ2v) is 4.30. The van der Waals surface area contributed by atoms with Gasteiger partial charge in [-0.25, -0.2) is 9.18 Å². The fourth-order valence-corrected chi connectivity index (χ4v) is 1.82. The lowest BCUT2D eigenvalue weighted by Crippen LogP contribution is -2.36.